The number of aliphatic hydroxyl groups is 1. The molecule has 5 N–H and O–H groups in total. The van der Waals surface area contributed by atoms with E-state index >= 15 is 0 Å². The van der Waals surface area contributed by atoms with Crippen molar-refractivity contribution >= 4 is 11.6 Å². The lowest BCUT2D eigenvalue weighted by Gasteiger charge is -2.15. The third kappa shape index (κ3) is 3.40. The molecule has 0 aromatic carbocycles. The van der Waals surface area contributed by atoms with Gasteiger partial charge in [-0.05, 0) is 13.3 Å². The molecule has 1 aromatic rings. The highest BCUT2D eigenvalue weighted by Gasteiger charge is 2.27. The number of aromatic nitrogens is 2. The zero-order chi connectivity index (χ0) is 16.2. The summed E-state index contributed by atoms with van der Waals surface area (Å²) < 4.78 is 2.14. The Morgan fingerprint density at radius 1 is 1.43 bits per heavy atom. The Morgan fingerprint density at radius 3 is 2.57 bits per heavy atom. The average Bonchev–Trinajstić information content (AvgIpc) is 2.47. The summed E-state index contributed by atoms with van der Waals surface area (Å²) in [6.07, 6.45) is 0.655. The Kier molecular flexibility index (Phi) is 5.86. The first kappa shape index (κ1) is 17.1. The number of hydrogen-bond acceptors (Lipinski definition) is 5. The van der Waals surface area contributed by atoms with Crippen LogP contribution in [0.4, 0.5) is 5.82 Å². The average molecular weight is 299 g/mol. The number of nitrogens with two attached hydrogens (primary N) is 2. The topological polar surface area (TPSA) is 124 Å². The lowest BCUT2D eigenvalue weighted by Crippen LogP contribution is -2.91. The van der Waals surface area contributed by atoms with Crippen molar-refractivity contribution in [1.29, 1.82) is 0 Å². The molecule has 1 rings (SSSR count). The summed E-state index contributed by atoms with van der Waals surface area (Å²) in [4.78, 5) is 36.6. The van der Waals surface area contributed by atoms with Gasteiger partial charge in [0.25, 0.3) is 5.56 Å². The normalized spacial score (nSPS) is 12.4. The first-order valence-corrected chi connectivity index (χ1v) is 6.94. The van der Waals surface area contributed by atoms with E-state index in [1.807, 2.05) is 6.92 Å². The van der Waals surface area contributed by atoms with Gasteiger partial charge in [0.15, 0.2) is 0 Å². The lowest BCUT2D eigenvalue weighted by atomic mass is 10.1. The minimum Gasteiger partial charge on any atom is -0.391 e. The molecule has 8 nitrogen and oxygen atoms in total. The number of rotatable bonds is 7. The molecule has 118 valence electrons. The molecular weight excluding hydrogens is 276 g/mol. The van der Waals surface area contributed by atoms with E-state index in [2.05, 4.69) is 0 Å². The van der Waals surface area contributed by atoms with E-state index in [4.69, 9.17) is 10.8 Å². The fraction of sp³-hybridized carbons (Fsp3) is 0.615. The molecule has 0 saturated carbocycles. The van der Waals surface area contributed by atoms with Crippen LogP contribution in [0.25, 0.3) is 0 Å². The molecule has 1 heterocycles. The summed E-state index contributed by atoms with van der Waals surface area (Å²) in [7, 11) is 1.33. The predicted octanol–water partition coefficient (Wildman–Crippen LogP) is -2.33. The SMILES string of the molecule is CCCn1c(N)c(C(=O)[C@H](C)[NH2+]CCO)c(=O)n(C)c1=O. The van der Waals surface area contributed by atoms with Crippen LogP contribution in [0, 0.1) is 0 Å². The number of nitrogen functional groups attached to an aromatic ring is 1. The van der Waals surface area contributed by atoms with Crippen molar-refractivity contribution in [3.63, 3.8) is 0 Å². The van der Waals surface area contributed by atoms with Gasteiger partial charge in [-0.1, -0.05) is 6.92 Å². The molecule has 0 amide bonds. The van der Waals surface area contributed by atoms with Crippen molar-refractivity contribution in [2.75, 3.05) is 18.9 Å². The molecule has 0 fully saturated rings. The summed E-state index contributed by atoms with van der Waals surface area (Å²) in [5.41, 5.74) is 4.51. The van der Waals surface area contributed by atoms with Crippen molar-refractivity contribution in [1.82, 2.24) is 9.13 Å². The molecule has 0 bridgehead atoms. The second-order valence-corrected chi connectivity index (χ2v) is 4.96. The molecule has 21 heavy (non-hydrogen) atoms. The second kappa shape index (κ2) is 7.19. The van der Waals surface area contributed by atoms with Crippen LogP contribution < -0.4 is 22.3 Å². The third-order valence-corrected chi connectivity index (χ3v) is 3.34. The highest BCUT2D eigenvalue weighted by Crippen LogP contribution is 2.07. The van der Waals surface area contributed by atoms with Crippen molar-refractivity contribution in [2.24, 2.45) is 7.05 Å². The van der Waals surface area contributed by atoms with Crippen LogP contribution in [0.1, 0.15) is 30.6 Å². The van der Waals surface area contributed by atoms with Gasteiger partial charge in [0, 0.05) is 13.6 Å². The Labute approximate surface area is 122 Å². The van der Waals surface area contributed by atoms with E-state index < -0.39 is 23.1 Å². The standard InChI is InChI=1S/C13H22N4O4/c1-4-6-17-11(14)9(12(20)16(3)13(17)21)10(19)8(2)15-5-7-18/h8,15,18H,4-7,14H2,1-3H3/p+1/t8-/m0/s1. The van der Waals surface area contributed by atoms with Crippen LogP contribution in [0.15, 0.2) is 9.59 Å². The van der Waals surface area contributed by atoms with E-state index in [1.165, 1.54) is 11.6 Å². The molecule has 0 radical (unpaired) electrons. The quantitative estimate of drug-likeness (QED) is 0.487. The number of anilines is 1. The first-order chi connectivity index (χ1) is 9.86. The molecule has 0 aliphatic rings. The Bertz CT molecular complexity index is 632. The Hall–Kier alpha value is -1.93. The van der Waals surface area contributed by atoms with Gasteiger partial charge >= 0.3 is 5.69 Å². The van der Waals surface area contributed by atoms with Crippen LogP contribution in [-0.2, 0) is 13.6 Å². The Balaban J connectivity index is 3.39. The number of Topliss-reactive ketones (excluding diaryl/α,β-unsaturated/α-hetero) is 1. The van der Waals surface area contributed by atoms with E-state index in [1.54, 1.807) is 12.2 Å². The number of ketones is 1. The number of hydrogen-bond donors (Lipinski definition) is 3. The van der Waals surface area contributed by atoms with Gasteiger partial charge in [-0.2, -0.15) is 0 Å². The van der Waals surface area contributed by atoms with E-state index in [-0.39, 0.29) is 18.0 Å². The summed E-state index contributed by atoms with van der Waals surface area (Å²) in [5.74, 6) is -0.523. The first-order valence-electron chi connectivity index (χ1n) is 6.94. The largest absolute Gasteiger partial charge is 0.391 e. The molecule has 1 aromatic heterocycles. The summed E-state index contributed by atoms with van der Waals surface area (Å²) in [6.45, 7) is 4.12. The van der Waals surface area contributed by atoms with Crippen LogP contribution >= 0.6 is 0 Å². The maximum absolute atomic E-state index is 12.4. The van der Waals surface area contributed by atoms with Gasteiger partial charge in [0.1, 0.15) is 17.4 Å². The lowest BCUT2D eigenvalue weighted by molar-refractivity contribution is -0.673. The van der Waals surface area contributed by atoms with Gasteiger partial charge in [-0.25, -0.2) is 4.79 Å². The molecule has 0 spiro atoms. The molecule has 0 saturated heterocycles. The van der Waals surface area contributed by atoms with Crippen LogP contribution in [0.5, 0.6) is 0 Å². The van der Waals surface area contributed by atoms with Crippen LogP contribution in [-0.4, -0.2) is 39.2 Å². The molecule has 8 heteroatoms. The summed E-state index contributed by atoms with van der Waals surface area (Å²) in [5, 5.41) is 10.4. The van der Waals surface area contributed by atoms with Crippen LogP contribution in [0.3, 0.4) is 0 Å². The highest BCUT2D eigenvalue weighted by atomic mass is 16.3. The fourth-order valence-electron chi connectivity index (χ4n) is 2.11. The predicted molar refractivity (Wildman–Crippen MR) is 78.3 cm³/mol. The van der Waals surface area contributed by atoms with Crippen molar-refractivity contribution in [3.8, 4) is 0 Å². The summed E-state index contributed by atoms with van der Waals surface area (Å²) in [6, 6.07) is -0.556. The molecular formula is C13H23N4O4+. The van der Waals surface area contributed by atoms with Gasteiger partial charge in [-0.15, -0.1) is 0 Å². The van der Waals surface area contributed by atoms with Gasteiger partial charge in [0.2, 0.25) is 5.78 Å². The molecule has 0 aliphatic heterocycles. The zero-order valence-electron chi connectivity index (χ0n) is 12.6. The van der Waals surface area contributed by atoms with Crippen LogP contribution in [0.2, 0.25) is 0 Å². The fourth-order valence-corrected chi connectivity index (χ4v) is 2.11. The number of nitrogens with zero attached hydrogens (tertiary/aromatic N) is 2. The van der Waals surface area contributed by atoms with Gasteiger partial charge < -0.3 is 16.2 Å². The van der Waals surface area contributed by atoms with Crippen molar-refractivity contribution < 1.29 is 15.2 Å². The number of carbonyl (C=O) groups is 1. The smallest absolute Gasteiger partial charge is 0.332 e. The van der Waals surface area contributed by atoms with Crippen molar-refractivity contribution in [3.05, 3.63) is 26.4 Å². The Morgan fingerprint density at radius 2 is 2.05 bits per heavy atom. The maximum atomic E-state index is 12.4. The minimum atomic E-state index is -0.681. The monoisotopic (exact) mass is 299 g/mol. The number of aliphatic hydroxyl groups excluding tert-OH is 1. The zero-order valence-corrected chi connectivity index (χ0v) is 12.6. The maximum Gasteiger partial charge on any atom is 0.332 e. The van der Waals surface area contributed by atoms with E-state index in [9.17, 15) is 14.4 Å². The molecule has 0 unspecified atom stereocenters. The second-order valence-electron chi connectivity index (χ2n) is 4.96. The van der Waals surface area contributed by atoms with Gasteiger partial charge in [-0.3, -0.25) is 18.7 Å². The van der Waals surface area contributed by atoms with E-state index in [0.717, 1.165) is 4.57 Å². The van der Waals surface area contributed by atoms with Gasteiger partial charge in [0.05, 0.1) is 13.2 Å². The highest BCUT2D eigenvalue weighted by molar-refractivity contribution is 6.02. The minimum absolute atomic E-state index is 0.0690. The molecule has 1 atom stereocenters. The number of carbonyl (C=O) groups excluding carboxylic acids is 1. The number of quaternary nitrogens is 1. The van der Waals surface area contributed by atoms with E-state index in [0.29, 0.717) is 19.5 Å². The summed E-state index contributed by atoms with van der Waals surface area (Å²) >= 11 is 0. The third-order valence-electron chi connectivity index (χ3n) is 3.34. The van der Waals surface area contributed by atoms with Crippen molar-refractivity contribution in [2.45, 2.75) is 32.9 Å². The molecule has 0 aliphatic carbocycles.